The average molecular weight is 407 g/mol. The third-order valence-corrected chi connectivity index (χ3v) is 5.75. The first-order chi connectivity index (χ1) is 13.1. The van der Waals surface area contributed by atoms with Crippen molar-refractivity contribution in [2.75, 3.05) is 20.8 Å². The van der Waals surface area contributed by atoms with Crippen LogP contribution in [0, 0.1) is 0 Å². The first kappa shape index (κ1) is 18.1. The highest BCUT2D eigenvalue weighted by molar-refractivity contribution is 7.09. The highest BCUT2D eigenvalue weighted by Gasteiger charge is 2.30. The Morgan fingerprint density at radius 3 is 2.78 bits per heavy atom. The zero-order valence-electron chi connectivity index (χ0n) is 15.2. The van der Waals surface area contributed by atoms with E-state index in [0.29, 0.717) is 5.01 Å². The first-order valence-electron chi connectivity index (χ1n) is 8.48. The van der Waals surface area contributed by atoms with Gasteiger partial charge in [0.1, 0.15) is 11.5 Å². The van der Waals surface area contributed by atoms with E-state index in [9.17, 15) is 0 Å². The fourth-order valence-electron chi connectivity index (χ4n) is 3.30. The van der Waals surface area contributed by atoms with Crippen LogP contribution in [-0.4, -0.2) is 49.8 Å². The van der Waals surface area contributed by atoms with E-state index in [-0.39, 0.29) is 11.3 Å². The van der Waals surface area contributed by atoms with Crippen LogP contribution in [0.4, 0.5) is 0 Å². The van der Waals surface area contributed by atoms with Crippen LogP contribution < -0.4 is 9.47 Å². The van der Waals surface area contributed by atoms with Crippen molar-refractivity contribution in [1.29, 1.82) is 0 Å². The Balaban J connectivity index is 1.58. The quantitative estimate of drug-likeness (QED) is 0.644. The lowest BCUT2D eigenvalue weighted by molar-refractivity contribution is 0.155. The molecule has 1 atom stereocenters. The van der Waals surface area contributed by atoms with Crippen molar-refractivity contribution in [2.24, 2.45) is 0 Å². The molecule has 3 aromatic rings. The van der Waals surface area contributed by atoms with Crippen molar-refractivity contribution in [2.45, 2.75) is 26.1 Å². The summed E-state index contributed by atoms with van der Waals surface area (Å²) in [6, 6.07) is 6.00. The van der Waals surface area contributed by atoms with Gasteiger partial charge in [0.2, 0.25) is 5.28 Å². The number of halogens is 1. The Bertz CT molecular complexity index is 959. The van der Waals surface area contributed by atoms with Crippen molar-refractivity contribution in [3.63, 3.8) is 0 Å². The van der Waals surface area contributed by atoms with Gasteiger partial charge in [0.05, 0.1) is 20.3 Å². The lowest BCUT2D eigenvalue weighted by Crippen LogP contribution is -2.36. The minimum atomic E-state index is 0.107. The molecule has 8 nitrogen and oxygen atoms in total. The molecule has 0 N–H and O–H groups in total. The second-order valence-electron chi connectivity index (χ2n) is 6.23. The smallest absolute Gasteiger partial charge is 0.234 e. The number of hydrogen-bond donors (Lipinski definition) is 0. The van der Waals surface area contributed by atoms with Crippen molar-refractivity contribution >= 4 is 23.1 Å². The largest absolute Gasteiger partial charge is 0.497 e. The maximum atomic E-state index is 5.85. The van der Waals surface area contributed by atoms with E-state index in [1.54, 1.807) is 14.2 Å². The molecule has 0 saturated heterocycles. The molecule has 1 aliphatic rings. The second kappa shape index (κ2) is 7.41. The number of fused-ring (bicyclic) bond motifs is 1. The van der Waals surface area contributed by atoms with E-state index in [4.69, 9.17) is 21.1 Å². The van der Waals surface area contributed by atoms with Gasteiger partial charge in [-0.15, -0.1) is 10.2 Å². The molecule has 0 fully saturated rings. The van der Waals surface area contributed by atoms with E-state index in [2.05, 4.69) is 35.9 Å². The zero-order valence-corrected chi connectivity index (χ0v) is 16.8. The Hall–Kier alpha value is -2.23. The molecule has 1 aromatic carbocycles. The second-order valence-corrected chi connectivity index (χ2v) is 7.32. The molecule has 0 spiro atoms. The van der Waals surface area contributed by atoms with E-state index in [1.165, 1.54) is 11.5 Å². The van der Waals surface area contributed by atoms with Gasteiger partial charge in [0.25, 0.3) is 0 Å². The van der Waals surface area contributed by atoms with Crippen LogP contribution in [0.2, 0.25) is 5.28 Å². The Labute approximate surface area is 165 Å². The van der Waals surface area contributed by atoms with Crippen LogP contribution >= 0.6 is 23.1 Å². The molecule has 3 heterocycles. The van der Waals surface area contributed by atoms with Gasteiger partial charge in [-0.1, -0.05) is 6.07 Å². The molecule has 1 unspecified atom stereocenters. The molecule has 142 valence electrons. The molecule has 0 saturated carbocycles. The van der Waals surface area contributed by atoms with E-state index >= 15 is 0 Å². The molecule has 4 rings (SSSR count). The van der Waals surface area contributed by atoms with Gasteiger partial charge < -0.3 is 14.0 Å². The molecule has 27 heavy (non-hydrogen) atoms. The van der Waals surface area contributed by atoms with E-state index in [1.807, 2.05) is 18.2 Å². The summed E-state index contributed by atoms with van der Waals surface area (Å²) >= 11 is 7.09. The van der Waals surface area contributed by atoms with Gasteiger partial charge in [-0.2, -0.15) is 4.37 Å². The molecule has 0 amide bonds. The SMILES string of the molecule is COc1ccc(CN2CCn3c(-c4nc(Cl)ns4)nnc3C2C)c(OC)c1. The van der Waals surface area contributed by atoms with Gasteiger partial charge in [-0.05, 0) is 36.1 Å². The van der Waals surface area contributed by atoms with E-state index < -0.39 is 0 Å². The third kappa shape index (κ3) is 3.38. The van der Waals surface area contributed by atoms with Gasteiger partial charge in [0.15, 0.2) is 16.7 Å². The number of nitrogens with zero attached hydrogens (tertiary/aromatic N) is 6. The molecule has 1 aliphatic heterocycles. The lowest BCUT2D eigenvalue weighted by Gasteiger charge is -2.33. The number of methoxy groups -OCH3 is 2. The van der Waals surface area contributed by atoms with Crippen LogP contribution in [0.15, 0.2) is 18.2 Å². The monoisotopic (exact) mass is 406 g/mol. The van der Waals surface area contributed by atoms with Crippen LogP contribution in [0.5, 0.6) is 11.5 Å². The fraction of sp³-hybridized carbons (Fsp3) is 0.412. The Morgan fingerprint density at radius 1 is 1.22 bits per heavy atom. The summed E-state index contributed by atoms with van der Waals surface area (Å²) in [5, 5.41) is 9.66. The van der Waals surface area contributed by atoms with Crippen molar-refractivity contribution in [3.8, 4) is 22.3 Å². The summed E-state index contributed by atoms with van der Waals surface area (Å²) in [5.74, 6) is 3.23. The van der Waals surface area contributed by atoms with Crippen LogP contribution in [-0.2, 0) is 13.1 Å². The standard InChI is InChI=1S/C17H19ClN6O2S/c1-10-14-20-21-15(16-19-17(18)22-27-16)24(14)7-6-23(10)9-11-4-5-12(25-2)8-13(11)26-3/h4-5,8,10H,6-7,9H2,1-3H3. The lowest BCUT2D eigenvalue weighted by atomic mass is 10.1. The summed E-state index contributed by atoms with van der Waals surface area (Å²) in [5.41, 5.74) is 1.11. The highest BCUT2D eigenvalue weighted by Crippen LogP contribution is 2.32. The molecule has 2 aromatic heterocycles. The number of aromatic nitrogens is 5. The maximum absolute atomic E-state index is 5.85. The third-order valence-electron chi connectivity index (χ3n) is 4.77. The predicted octanol–water partition coefficient (Wildman–Crippen LogP) is 3.04. The van der Waals surface area contributed by atoms with Crippen LogP contribution in [0.1, 0.15) is 24.4 Å². The van der Waals surface area contributed by atoms with Crippen molar-refractivity contribution in [1.82, 2.24) is 29.0 Å². The minimum Gasteiger partial charge on any atom is -0.497 e. The van der Waals surface area contributed by atoms with Gasteiger partial charge in [-0.3, -0.25) is 4.90 Å². The summed E-state index contributed by atoms with van der Waals surface area (Å²) in [7, 11) is 3.32. The van der Waals surface area contributed by atoms with Crippen LogP contribution in [0.3, 0.4) is 0 Å². The number of rotatable bonds is 5. The Kier molecular flexibility index (Phi) is 4.98. The summed E-state index contributed by atoms with van der Waals surface area (Å²) in [4.78, 5) is 6.57. The summed E-state index contributed by atoms with van der Waals surface area (Å²) < 4.78 is 16.9. The molecule has 0 aliphatic carbocycles. The minimum absolute atomic E-state index is 0.107. The van der Waals surface area contributed by atoms with Crippen molar-refractivity contribution in [3.05, 3.63) is 34.9 Å². The molecule has 0 bridgehead atoms. The Morgan fingerprint density at radius 2 is 2.07 bits per heavy atom. The topological polar surface area (TPSA) is 78.2 Å². The van der Waals surface area contributed by atoms with E-state index in [0.717, 1.165) is 48.3 Å². The average Bonchev–Trinajstić information content (AvgIpc) is 3.30. The van der Waals surface area contributed by atoms with Gasteiger partial charge in [0, 0.05) is 31.3 Å². The normalized spacial score (nSPS) is 17.0. The van der Waals surface area contributed by atoms with Crippen LogP contribution in [0.25, 0.3) is 10.8 Å². The van der Waals surface area contributed by atoms with Gasteiger partial charge in [-0.25, -0.2) is 4.98 Å². The predicted molar refractivity (Wildman–Crippen MR) is 102 cm³/mol. The molecular weight excluding hydrogens is 388 g/mol. The number of ether oxygens (including phenoxy) is 2. The number of hydrogen-bond acceptors (Lipinski definition) is 8. The highest BCUT2D eigenvalue weighted by atomic mass is 35.5. The molecular formula is C17H19ClN6O2S. The van der Waals surface area contributed by atoms with Crippen molar-refractivity contribution < 1.29 is 9.47 Å². The zero-order chi connectivity index (χ0) is 19.0. The summed E-state index contributed by atoms with van der Waals surface area (Å²) in [6.07, 6.45) is 0. The molecule has 0 radical (unpaired) electrons. The number of benzene rings is 1. The first-order valence-corrected chi connectivity index (χ1v) is 9.63. The summed E-state index contributed by atoms with van der Waals surface area (Å²) in [6.45, 7) is 4.52. The fourth-order valence-corrected chi connectivity index (χ4v) is 4.10. The maximum Gasteiger partial charge on any atom is 0.234 e. The van der Waals surface area contributed by atoms with Gasteiger partial charge >= 0.3 is 0 Å². The molecule has 10 heteroatoms.